The van der Waals surface area contributed by atoms with Gasteiger partial charge in [0.05, 0.1) is 5.56 Å². The number of H-pyrrole nitrogens is 1. The third kappa shape index (κ3) is 2.50. The molecule has 3 aromatic rings. The molecular formula is C16H16N4O3. The van der Waals surface area contributed by atoms with Crippen LogP contribution in [0.1, 0.15) is 41.4 Å². The monoisotopic (exact) mass is 312 g/mol. The Morgan fingerprint density at radius 2 is 2.09 bits per heavy atom. The number of nitrogens with one attached hydrogen (secondary N) is 1. The van der Waals surface area contributed by atoms with Crippen LogP contribution in [0.5, 0.6) is 0 Å². The summed E-state index contributed by atoms with van der Waals surface area (Å²) in [6, 6.07) is 3.62. The number of aryl methyl sites for hydroxylation is 1. The Bertz CT molecular complexity index is 952. The second kappa shape index (κ2) is 5.35. The molecular weight excluding hydrogens is 296 g/mol. The number of carboxylic acids is 1. The van der Waals surface area contributed by atoms with Crippen LogP contribution in [0.3, 0.4) is 0 Å². The highest BCUT2D eigenvalue weighted by atomic mass is 16.4. The predicted molar refractivity (Wildman–Crippen MR) is 84.8 cm³/mol. The lowest BCUT2D eigenvalue weighted by Crippen LogP contribution is -2.15. The smallest absolute Gasteiger partial charge is 0.337 e. The molecule has 3 heterocycles. The molecule has 0 atom stereocenters. The lowest BCUT2D eigenvalue weighted by Gasteiger charge is -2.06. The fraction of sp³-hybridized carbons (Fsp3) is 0.250. The molecule has 0 aliphatic heterocycles. The van der Waals surface area contributed by atoms with Crippen molar-refractivity contribution in [1.29, 1.82) is 0 Å². The SMILES string of the molecule is Cc1ccc(-c2nn3cc(C(=O)O)c(C(C)C)c3c(=O)[nH]2)cn1. The average molecular weight is 312 g/mol. The van der Waals surface area contributed by atoms with Crippen molar-refractivity contribution in [3.63, 3.8) is 0 Å². The number of aromatic nitrogens is 4. The van der Waals surface area contributed by atoms with Gasteiger partial charge in [0.15, 0.2) is 5.82 Å². The zero-order valence-electron chi connectivity index (χ0n) is 13.0. The zero-order chi connectivity index (χ0) is 16.7. The van der Waals surface area contributed by atoms with Gasteiger partial charge in [0, 0.05) is 29.2 Å². The molecule has 0 aromatic carbocycles. The van der Waals surface area contributed by atoms with Gasteiger partial charge < -0.3 is 10.1 Å². The van der Waals surface area contributed by atoms with Crippen LogP contribution in [-0.2, 0) is 0 Å². The van der Waals surface area contributed by atoms with Gasteiger partial charge in [-0.25, -0.2) is 9.31 Å². The molecule has 23 heavy (non-hydrogen) atoms. The Hall–Kier alpha value is -2.96. The molecule has 0 unspecified atom stereocenters. The number of hydrogen-bond acceptors (Lipinski definition) is 4. The van der Waals surface area contributed by atoms with Crippen LogP contribution in [0.25, 0.3) is 16.9 Å². The van der Waals surface area contributed by atoms with Crippen molar-refractivity contribution in [3.8, 4) is 11.4 Å². The third-order valence-electron chi connectivity index (χ3n) is 3.67. The zero-order valence-corrected chi connectivity index (χ0v) is 13.0. The largest absolute Gasteiger partial charge is 0.478 e. The van der Waals surface area contributed by atoms with Crippen LogP contribution in [0, 0.1) is 6.92 Å². The molecule has 0 saturated heterocycles. The lowest BCUT2D eigenvalue weighted by molar-refractivity contribution is 0.0695. The summed E-state index contributed by atoms with van der Waals surface area (Å²) in [5.41, 5.74) is 1.99. The van der Waals surface area contributed by atoms with E-state index in [9.17, 15) is 14.7 Å². The Balaban J connectivity index is 2.29. The molecule has 2 N–H and O–H groups in total. The number of aromatic amines is 1. The van der Waals surface area contributed by atoms with E-state index < -0.39 is 5.97 Å². The normalized spacial score (nSPS) is 11.3. The van der Waals surface area contributed by atoms with E-state index in [1.165, 1.54) is 10.7 Å². The average Bonchev–Trinajstić information content (AvgIpc) is 2.88. The van der Waals surface area contributed by atoms with Crippen molar-refractivity contribution in [2.75, 3.05) is 0 Å². The molecule has 0 spiro atoms. The second-order valence-corrected chi connectivity index (χ2v) is 5.70. The third-order valence-corrected chi connectivity index (χ3v) is 3.67. The fourth-order valence-corrected chi connectivity index (χ4v) is 2.60. The van der Waals surface area contributed by atoms with Crippen LogP contribution >= 0.6 is 0 Å². The summed E-state index contributed by atoms with van der Waals surface area (Å²) in [5.74, 6) is -0.838. The van der Waals surface area contributed by atoms with Gasteiger partial charge in [-0.1, -0.05) is 13.8 Å². The van der Waals surface area contributed by atoms with Crippen molar-refractivity contribution in [3.05, 3.63) is 51.7 Å². The first-order chi connectivity index (χ1) is 10.9. The summed E-state index contributed by atoms with van der Waals surface area (Å²) >= 11 is 0. The van der Waals surface area contributed by atoms with E-state index >= 15 is 0 Å². The van der Waals surface area contributed by atoms with Gasteiger partial charge in [0.25, 0.3) is 5.56 Å². The molecule has 0 bridgehead atoms. The Labute approximate surface area is 131 Å². The highest BCUT2D eigenvalue weighted by molar-refractivity contribution is 5.92. The molecule has 3 aromatic heterocycles. The highest BCUT2D eigenvalue weighted by Gasteiger charge is 2.22. The standard InChI is InChI=1S/C16H16N4O3/c1-8(2)12-11(16(22)23)7-20-13(12)15(21)18-14(19-20)10-5-4-9(3)17-6-10/h4-8H,1-3H3,(H,22,23)(H,18,19,21). The summed E-state index contributed by atoms with van der Waals surface area (Å²) in [4.78, 5) is 30.8. The van der Waals surface area contributed by atoms with E-state index in [2.05, 4.69) is 15.1 Å². The summed E-state index contributed by atoms with van der Waals surface area (Å²) in [5, 5.41) is 13.7. The molecule has 0 aliphatic carbocycles. The van der Waals surface area contributed by atoms with Crippen molar-refractivity contribution < 1.29 is 9.90 Å². The number of nitrogens with zero attached hydrogens (tertiary/aromatic N) is 3. The van der Waals surface area contributed by atoms with Gasteiger partial charge in [-0.3, -0.25) is 9.78 Å². The summed E-state index contributed by atoms with van der Waals surface area (Å²) in [6.07, 6.45) is 3.00. The van der Waals surface area contributed by atoms with E-state index in [1.807, 2.05) is 26.8 Å². The van der Waals surface area contributed by atoms with Gasteiger partial charge >= 0.3 is 5.97 Å². The summed E-state index contributed by atoms with van der Waals surface area (Å²) in [7, 11) is 0. The quantitative estimate of drug-likeness (QED) is 0.772. The Morgan fingerprint density at radius 1 is 1.35 bits per heavy atom. The maximum absolute atomic E-state index is 12.5. The second-order valence-electron chi connectivity index (χ2n) is 5.70. The molecule has 0 fully saturated rings. The first-order valence-corrected chi connectivity index (χ1v) is 7.20. The highest BCUT2D eigenvalue weighted by Crippen LogP contribution is 2.25. The molecule has 0 saturated carbocycles. The molecule has 0 aliphatic rings. The number of fused-ring (bicyclic) bond motifs is 1. The molecule has 0 amide bonds. The van der Waals surface area contributed by atoms with Crippen LogP contribution in [-0.4, -0.2) is 30.7 Å². The topological polar surface area (TPSA) is 100 Å². The predicted octanol–water partition coefficient (Wildman–Crippen LogP) is 2.21. The van der Waals surface area contributed by atoms with E-state index in [-0.39, 0.29) is 22.6 Å². The number of hydrogen-bond donors (Lipinski definition) is 2. The summed E-state index contributed by atoms with van der Waals surface area (Å²) in [6.45, 7) is 5.56. The van der Waals surface area contributed by atoms with E-state index in [0.29, 0.717) is 17.0 Å². The van der Waals surface area contributed by atoms with Gasteiger partial charge in [-0.05, 0) is 25.0 Å². The van der Waals surface area contributed by atoms with E-state index in [1.54, 1.807) is 12.3 Å². The number of aromatic carboxylic acids is 1. The number of carbonyl (C=O) groups is 1. The van der Waals surface area contributed by atoms with E-state index in [4.69, 9.17) is 0 Å². The minimum absolute atomic E-state index is 0.0946. The summed E-state index contributed by atoms with van der Waals surface area (Å²) < 4.78 is 1.34. The van der Waals surface area contributed by atoms with Crippen LogP contribution in [0.2, 0.25) is 0 Å². The first kappa shape index (κ1) is 15.0. The molecule has 7 nitrogen and oxygen atoms in total. The van der Waals surface area contributed by atoms with Crippen molar-refractivity contribution in [2.24, 2.45) is 0 Å². The lowest BCUT2D eigenvalue weighted by atomic mass is 10.0. The Morgan fingerprint density at radius 3 is 2.65 bits per heavy atom. The van der Waals surface area contributed by atoms with Crippen LogP contribution < -0.4 is 5.56 Å². The maximum atomic E-state index is 12.5. The van der Waals surface area contributed by atoms with Crippen molar-refractivity contribution in [1.82, 2.24) is 19.6 Å². The number of rotatable bonds is 3. The van der Waals surface area contributed by atoms with Gasteiger partial charge in [0.2, 0.25) is 0 Å². The van der Waals surface area contributed by atoms with Gasteiger partial charge in [-0.2, -0.15) is 0 Å². The minimum Gasteiger partial charge on any atom is -0.478 e. The number of carboxylic acid groups (broad SMARTS) is 1. The molecule has 3 rings (SSSR count). The number of pyridine rings is 1. The molecule has 7 heteroatoms. The molecule has 0 radical (unpaired) electrons. The van der Waals surface area contributed by atoms with Crippen LogP contribution in [0.4, 0.5) is 0 Å². The fourth-order valence-electron chi connectivity index (χ4n) is 2.60. The molecule has 118 valence electrons. The van der Waals surface area contributed by atoms with Gasteiger partial charge in [0.1, 0.15) is 5.52 Å². The van der Waals surface area contributed by atoms with Crippen molar-refractivity contribution in [2.45, 2.75) is 26.7 Å². The Kier molecular flexibility index (Phi) is 3.48. The minimum atomic E-state index is -1.07. The van der Waals surface area contributed by atoms with Crippen molar-refractivity contribution >= 4 is 11.5 Å². The maximum Gasteiger partial charge on any atom is 0.337 e. The van der Waals surface area contributed by atoms with E-state index in [0.717, 1.165) is 5.69 Å². The van der Waals surface area contributed by atoms with Crippen LogP contribution in [0.15, 0.2) is 29.3 Å². The first-order valence-electron chi connectivity index (χ1n) is 7.20. The van der Waals surface area contributed by atoms with Gasteiger partial charge in [-0.15, -0.1) is 5.10 Å².